The Labute approximate surface area is 112 Å². The molecule has 1 unspecified atom stereocenters. The fourth-order valence-electron chi connectivity index (χ4n) is 2.02. The molecular formula is C13H19N3O3. The molecule has 1 heterocycles. The van der Waals surface area contributed by atoms with Crippen molar-refractivity contribution in [3.8, 4) is 5.75 Å². The van der Waals surface area contributed by atoms with Crippen LogP contribution in [-0.2, 0) is 4.74 Å². The second-order valence-electron chi connectivity index (χ2n) is 4.69. The highest BCUT2D eigenvalue weighted by Gasteiger charge is 2.19. The van der Waals surface area contributed by atoms with Gasteiger partial charge in [-0.3, -0.25) is 4.79 Å². The van der Waals surface area contributed by atoms with E-state index < -0.39 is 5.91 Å². The van der Waals surface area contributed by atoms with Gasteiger partial charge in [0.2, 0.25) is 0 Å². The van der Waals surface area contributed by atoms with E-state index in [1.54, 1.807) is 12.1 Å². The summed E-state index contributed by atoms with van der Waals surface area (Å²) in [5.74, 6) is -0.109. The Hall–Kier alpha value is -1.79. The standard InChI is InChI=1S/C13H19N3O3/c1-16-4-5-18-10(7-16)8-19-12-3-2-9(14)6-11(12)13(15)17/h2-3,6,10H,4-5,7-8,14H2,1H3,(H2,15,17). The second-order valence-corrected chi connectivity index (χ2v) is 4.69. The summed E-state index contributed by atoms with van der Waals surface area (Å²) in [4.78, 5) is 13.5. The maximum absolute atomic E-state index is 11.3. The van der Waals surface area contributed by atoms with Gasteiger partial charge in [0.25, 0.3) is 5.91 Å². The largest absolute Gasteiger partial charge is 0.490 e. The lowest BCUT2D eigenvalue weighted by Gasteiger charge is -2.30. The number of morpholine rings is 1. The Bertz CT molecular complexity index is 464. The fraction of sp³-hybridized carbons (Fsp3) is 0.462. The number of primary amides is 1. The van der Waals surface area contributed by atoms with Crippen molar-refractivity contribution in [2.75, 3.05) is 39.1 Å². The average molecular weight is 265 g/mol. The summed E-state index contributed by atoms with van der Waals surface area (Å²) in [5.41, 5.74) is 11.7. The van der Waals surface area contributed by atoms with Gasteiger partial charge in [0, 0.05) is 18.8 Å². The maximum Gasteiger partial charge on any atom is 0.252 e. The molecule has 4 N–H and O–H groups in total. The van der Waals surface area contributed by atoms with Crippen LogP contribution in [0.15, 0.2) is 18.2 Å². The van der Waals surface area contributed by atoms with Gasteiger partial charge in [0.05, 0.1) is 12.2 Å². The lowest BCUT2D eigenvalue weighted by atomic mass is 10.1. The van der Waals surface area contributed by atoms with Gasteiger partial charge in [-0.15, -0.1) is 0 Å². The van der Waals surface area contributed by atoms with E-state index in [1.165, 1.54) is 6.07 Å². The smallest absolute Gasteiger partial charge is 0.252 e. The van der Waals surface area contributed by atoms with E-state index in [0.29, 0.717) is 30.2 Å². The predicted octanol–water partition coefficient (Wildman–Crippen LogP) is 0.0771. The average Bonchev–Trinajstić information content (AvgIpc) is 2.37. The van der Waals surface area contributed by atoms with Crippen molar-refractivity contribution < 1.29 is 14.3 Å². The van der Waals surface area contributed by atoms with Crippen molar-refractivity contribution >= 4 is 11.6 Å². The zero-order valence-corrected chi connectivity index (χ0v) is 11.0. The normalized spacial score (nSPS) is 20.2. The fourth-order valence-corrected chi connectivity index (χ4v) is 2.02. The second kappa shape index (κ2) is 5.90. The topological polar surface area (TPSA) is 90.8 Å². The van der Waals surface area contributed by atoms with Crippen LogP contribution in [0.2, 0.25) is 0 Å². The molecule has 0 spiro atoms. The van der Waals surface area contributed by atoms with Crippen LogP contribution in [0.25, 0.3) is 0 Å². The molecule has 1 aliphatic heterocycles. The monoisotopic (exact) mass is 265 g/mol. The number of hydrogen-bond donors (Lipinski definition) is 2. The SMILES string of the molecule is CN1CCOC(COc2ccc(N)cc2C(N)=O)C1. The minimum Gasteiger partial charge on any atom is -0.490 e. The Balaban J connectivity index is 2.01. The van der Waals surface area contributed by atoms with E-state index in [1.807, 2.05) is 7.05 Å². The first-order chi connectivity index (χ1) is 9.06. The Morgan fingerprint density at radius 3 is 3.05 bits per heavy atom. The molecule has 0 aliphatic carbocycles. The van der Waals surface area contributed by atoms with Gasteiger partial charge in [-0.05, 0) is 25.2 Å². The molecule has 1 aliphatic rings. The van der Waals surface area contributed by atoms with Crippen LogP contribution in [0.3, 0.4) is 0 Å². The van der Waals surface area contributed by atoms with Gasteiger partial charge >= 0.3 is 0 Å². The van der Waals surface area contributed by atoms with Gasteiger partial charge < -0.3 is 25.8 Å². The molecule has 6 heteroatoms. The van der Waals surface area contributed by atoms with Crippen LogP contribution in [0, 0.1) is 0 Å². The van der Waals surface area contributed by atoms with E-state index in [0.717, 1.165) is 13.1 Å². The molecule has 1 aromatic rings. The molecule has 0 saturated carbocycles. The highest BCUT2D eigenvalue weighted by Crippen LogP contribution is 2.21. The summed E-state index contributed by atoms with van der Waals surface area (Å²) in [6.45, 7) is 2.80. The summed E-state index contributed by atoms with van der Waals surface area (Å²) in [6.07, 6.45) is -0.00275. The van der Waals surface area contributed by atoms with E-state index in [4.69, 9.17) is 20.9 Å². The number of ether oxygens (including phenoxy) is 2. The number of likely N-dealkylation sites (N-methyl/N-ethyl adjacent to an activating group) is 1. The summed E-state index contributed by atoms with van der Waals surface area (Å²) >= 11 is 0. The molecule has 2 rings (SSSR count). The number of rotatable bonds is 4. The summed E-state index contributed by atoms with van der Waals surface area (Å²) in [5, 5.41) is 0. The molecule has 0 radical (unpaired) electrons. The Morgan fingerprint density at radius 2 is 2.37 bits per heavy atom. The molecule has 104 valence electrons. The number of amides is 1. The van der Waals surface area contributed by atoms with Crippen molar-refractivity contribution in [2.45, 2.75) is 6.10 Å². The van der Waals surface area contributed by atoms with E-state index in [-0.39, 0.29) is 6.10 Å². The zero-order valence-electron chi connectivity index (χ0n) is 11.0. The Kier molecular flexibility index (Phi) is 4.24. The first-order valence-corrected chi connectivity index (χ1v) is 6.18. The number of carbonyl (C=O) groups is 1. The van der Waals surface area contributed by atoms with Crippen LogP contribution < -0.4 is 16.2 Å². The molecule has 1 atom stereocenters. The minimum atomic E-state index is -0.552. The molecule has 1 aromatic carbocycles. The Morgan fingerprint density at radius 1 is 1.58 bits per heavy atom. The molecule has 19 heavy (non-hydrogen) atoms. The summed E-state index contributed by atoms with van der Waals surface area (Å²) in [7, 11) is 2.04. The van der Waals surface area contributed by atoms with E-state index in [2.05, 4.69) is 4.90 Å². The number of nitrogen functional groups attached to an aromatic ring is 1. The number of nitrogens with two attached hydrogens (primary N) is 2. The van der Waals surface area contributed by atoms with Crippen LogP contribution in [-0.4, -0.2) is 50.3 Å². The quantitative estimate of drug-likeness (QED) is 0.752. The maximum atomic E-state index is 11.3. The van der Waals surface area contributed by atoms with Crippen LogP contribution >= 0.6 is 0 Å². The van der Waals surface area contributed by atoms with Crippen LogP contribution in [0.4, 0.5) is 5.69 Å². The van der Waals surface area contributed by atoms with Crippen molar-refractivity contribution in [3.63, 3.8) is 0 Å². The first kappa shape index (κ1) is 13.6. The third-order valence-electron chi connectivity index (χ3n) is 3.04. The molecule has 1 fully saturated rings. The van der Waals surface area contributed by atoms with Gasteiger partial charge in [0.1, 0.15) is 18.5 Å². The highest BCUT2D eigenvalue weighted by atomic mass is 16.5. The zero-order chi connectivity index (χ0) is 13.8. The van der Waals surface area contributed by atoms with Crippen molar-refractivity contribution in [1.82, 2.24) is 4.90 Å². The van der Waals surface area contributed by atoms with Crippen LogP contribution in [0.5, 0.6) is 5.75 Å². The van der Waals surface area contributed by atoms with E-state index >= 15 is 0 Å². The number of benzene rings is 1. The molecule has 0 aromatic heterocycles. The predicted molar refractivity (Wildman–Crippen MR) is 72.1 cm³/mol. The molecular weight excluding hydrogens is 246 g/mol. The number of anilines is 1. The van der Waals surface area contributed by atoms with Gasteiger partial charge in [-0.2, -0.15) is 0 Å². The molecule has 1 amide bonds. The van der Waals surface area contributed by atoms with Crippen LogP contribution in [0.1, 0.15) is 10.4 Å². The molecule has 6 nitrogen and oxygen atoms in total. The summed E-state index contributed by atoms with van der Waals surface area (Å²) in [6, 6.07) is 4.85. The van der Waals surface area contributed by atoms with Crippen molar-refractivity contribution in [3.05, 3.63) is 23.8 Å². The highest BCUT2D eigenvalue weighted by molar-refractivity contribution is 5.96. The third kappa shape index (κ3) is 3.59. The van der Waals surface area contributed by atoms with Gasteiger partial charge in [-0.1, -0.05) is 0 Å². The van der Waals surface area contributed by atoms with Crippen molar-refractivity contribution in [1.29, 1.82) is 0 Å². The first-order valence-electron chi connectivity index (χ1n) is 6.18. The lowest BCUT2D eigenvalue weighted by molar-refractivity contribution is -0.0404. The molecule has 0 bridgehead atoms. The number of nitrogens with zero attached hydrogens (tertiary/aromatic N) is 1. The summed E-state index contributed by atoms with van der Waals surface area (Å²) < 4.78 is 11.2. The third-order valence-corrected chi connectivity index (χ3v) is 3.04. The molecule has 1 saturated heterocycles. The van der Waals surface area contributed by atoms with Crippen molar-refractivity contribution in [2.24, 2.45) is 5.73 Å². The number of carbonyl (C=O) groups excluding carboxylic acids is 1. The van der Waals surface area contributed by atoms with E-state index in [9.17, 15) is 4.79 Å². The number of hydrogen-bond acceptors (Lipinski definition) is 5. The van der Waals surface area contributed by atoms with Gasteiger partial charge in [-0.25, -0.2) is 0 Å². The lowest BCUT2D eigenvalue weighted by Crippen LogP contribution is -2.42. The van der Waals surface area contributed by atoms with Gasteiger partial charge in [0.15, 0.2) is 0 Å². The minimum absolute atomic E-state index is 0.00275.